The molecule has 5 heteroatoms. The molecule has 100 valence electrons. The van der Waals surface area contributed by atoms with Gasteiger partial charge in [-0.15, -0.1) is 0 Å². The molecule has 0 aromatic heterocycles. The van der Waals surface area contributed by atoms with Crippen LogP contribution in [0.2, 0.25) is 0 Å². The summed E-state index contributed by atoms with van der Waals surface area (Å²) in [6.45, 7) is 3.53. The number of nitrogens with one attached hydrogen (secondary N) is 1. The Morgan fingerprint density at radius 2 is 2.24 bits per heavy atom. The molecule has 0 saturated carbocycles. The molecular weight excluding hydrogens is 220 g/mol. The zero-order valence-electron chi connectivity index (χ0n) is 10.8. The van der Waals surface area contributed by atoms with Gasteiger partial charge in [0.15, 0.2) is 0 Å². The summed E-state index contributed by atoms with van der Waals surface area (Å²) in [6, 6.07) is 0.387. The fourth-order valence-electron chi connectivity index (χ4n) is 2.08. The van der Waals surface area contributed by atoms with Crippen LogP contribution in [0.25, 0.3) is 0 Å². The molecule has 1 aliphatic rings. The van der Waals surface area contributed by atoms with Crippen molar-refractivity contribution >= 4 is 5.91 Å². The van der Waals surface area contributed by atoms with E-state index < -0.39 is 0 Å². The number of nitrogens with zero attached hydrogens (tertiary/aromatic N) is 1. The fourth-order valence-corrected chi connectivity index (χ4v) is 2.08. The minimum absolute atomic E-state index is 0.0271. The number of hydrogen-bond acceptors (Lipinski definition) is 4. The summed E-state index contributed by atoms with van der Waals surface area (Å²) in [7, 11) is 1.80. The highest BCUT2D eigenvalue weighted by Gasteiger charge is 2.26. The summed E-state index contributed by atoms with van der Waals surface area (Å²) in [5.41, 5.74) is 0. The van der Waals surface area contributed by atoms with Crippen molar-refractivity contribution < 1.29 is 14.6 Å². The number of aliphatic hydroxyl groups excluding tert-OH is 1. The van der Waals surface area contributed by atoms with Gasteiger partial charge in [-0.2, -0.15) is 0 Å². The van der Waals surface area contributed by atoms with Crippen molar-refractivity contribution in [1.82, 2.24) is 10.2 Å². The first kappa shape index (κ1) is 14.4. The van der Waals surface area contributed by atoms with Crippen molar-refractivity contribution in [1.29, 1.82) is 0 Å². The molecular formula is C12H24N2O3. The van der Waals surface area contributed by atoms with Gasteiger partial charge in [0.1, 0.15) is 0 Å². The predicted octanol–water partition coefficient (Wildman–Crippen LogP) is -0.0157. The maximum Gasteiger partial charge on any atom is 0.239 e. The van der Waals surface area contributed by atoms with Crippen LogP contribution in [0.1, 0.15) is 26.2 Å². The molecule has 0 aromatic rings. The average molecular weight is 244 g/mol. The molecule has 2 unspecified atom stereocenters. The Hall–Kier alpha value is -0.650. The molecule has 1 aliphatic heterocycles. The summed E-state index contributed by atoms with van der Waals surface area (Å²) >= 11 is 0. The van der Waals surface area contributed by atoms with Crippen LogP contribution in [0.3, 0.4) is 0 Å². The second-order valence-electron chi connectivity index (χ2n) is 4.65. The van der Waals surface area contributed by atoms with Crippen molar-refractivity contribution in [3.63, 3.8) is 0 Å². The summed E-state index contributed by atoms with van der Waals surface area (Å²) < 4.78 is 5.15. The minimum Gasteiger partial charge on any atom is -0.394 e. The van der Waals surface area contributed by atoms with Crippen LogP contribution in [-0.2, 0) is 9.53 Å². The van der Waals surface area contributed by atoms with Gasteiger partial charge in [0, 0.05) is 19.6 Å². The van der Waals surface area contributed by atoms with Gasteiger partial charge in [0.05, 0.1) is 25.9 Å². The molecule has 1 rings (SSSR count). The molecule has 17 heavy (non-hydrogen) atoms. The Morgan fingerprint density at radius 1 is 1.47 bits per heavy atom. The summed E-state index contributed by atoms with van der Waals surface area (Å²) in [4.78, 5) is 13.8. The number of ether oxygens (including phenoxy) is 1. The van der Waals surface area contributed by atoms with E-state index in [-0.39, 0.29) is 18.6 Å². The molecule has 1 fully saturated rings. The largest absolute Gasteiger partial charge is 0.394 e. The minimum atomic E-state index is -0.0402. The second-order valence-corrected chi connectivity index (χ2v) is 4.65. The zero-order valence-corrected chi connectivity index (χ0v) is 10.8. The van der Waals surface area contributed by atoms with Gasteiger partial charge in [0.2, 0.25) is 5.91 Å². The number of carbonyl (C=O) groups excluding carboxylic acids is 1. The van der Waals surface area contributed by atoms with E-state index in [9.17, 15) is 4.79 Å². The van der Waals surface area contributed by atoms with Crippen LogP contribution in [-0.4, -0.2) is 61.4 Å². The van der Waals surface area contributed by atoms with Crippen molar-refractivity contribution in [3.8, 4) is 0 Å². The number of piperidine rings is 1. The number of amides is 1. The van der Waals surface area contributed by atoms with Crippen LogP contribution >= 0.6 is 0 Å². The van der Waals surface area contributed by atoms with Gasteiger partial charge in [0.25, 0.3) is 0 Å². The average Bonchev–Trinajstić information content (AvgIpc) is 2.33. The number of likely N-dealkylation sites (N-methyl/N-ethyl adjacent to an activating group) is 1. The van der Waals surface area contributed by atoms with Gasteiger partial charge in [-0.1, -0.05) is 0 Å². The number of aliphatic hydroxyl groups is 1. The van der Waals surface area contributed by atoms with Gasteiger partial charge in [-0.25, -0.2) is 0 Å². The highest BCUT2D eigenvalue weighted by molar-refractivity contribution is 5.81. The van der Waals surface area contributed by atoms with E-state index in [4.69, 9.17) is 9.84 Å². The van der Waals surface area contributed by atoms with Crippen LogP contribution in [0.4, 0.5) is 0 Å². The SMILES string of the molecule is CC1CCCC(C(=O)N(C)CCOCCO)N1. The smallest absolute Gasteiger partial charge is 0.239 e. The Labute approximate surface area is 103 Å². The van der Waals surface area contributed by atoms with Crippen LogP contribution in [0.15, 0.2) is 0 Å². The van der Waals surface area contributed by atoms with E-state index in [1.807, 2.05) is 0 Å². The molecule has 0 radical (unpaired) electrons. The summed E-state index contributed by atoms with van der Waals surface area (Å²) in [6.07, 6.45) is 3.18. The molecule has 1 saturated heterocycles. The second kappa shape index (κ2) is 7.63. The topological polar surface area (TPSA) is 61.8 Å². The quantitative estimate of drug-likeness (QED) is 0.645. The van der Waals surface area contributed by atoms with E-state index in [0.717, 1.165) is 19.3 Å². The first-order valence-electron chi connectivity index (χ1n) is 6.34. The van der Waals surface area contributed by atoms with E-state index in [0.29, 0.717) is 25.8 Å². The maximum atomic E-state index is 12.1. The normalized spacial score (nSPS) is 24.6. The lowest BCUT2D eigenvalue weighted by Crippen LogP contribution is -2.51. The lowest BCUT2D eigenvalue weighted by Gasteiger charge is -2.31. The molecule has 0 aromatic carbocycles. The number of carbonyl (C=O) groups is 1. The third kappa shape index (κ3) is 5.02. The van der Waals surface area contributed by atoms with Crippen molar-refractivity contribution in [3.05, 3.63) is 0 Å². The van der Waals surface area contributed by atoms with E-state index in [1.165, 1.54) is 0 Å². The highest BCUT2D eigenvalue weighted by Crippen LogP contribution is 2.13. The first-order chi connectivity index (χ1) is 8.15. The Morgan fingerprint density at radius 3 is 2.88 bits per heavy atom. The molecule has 0 aliphatic carbocycles. The molecule has 2 atom stereocenters. The van der Waals surface area contributed by atoms with Crippen LogP contribution in [0, 0.1) is 0 Å². The lowest BCUT2D eigenvalue weighted by molar-refractivity contribution is -0.133. The fraction of sp³-hybridized carbons (Fsp3) is 0.917. The number of hydrogen-bond donors (Lipinski definition) is 2. The Balaban J connectivity index is 2.25. The first-order valence-corrected chi connectivity index (χ1v) is 6.34. The van der Waals surface area contributed by atoms with Gasteiger partial charge in [-0.3, -0.25) is 4.79 Å². The summed E-state index contributed by atoms with van der Waals surface area (Å²) in [5, 5.41) is 11.9. The molecule has 0 bridgehead atoms. The standard InChI is InChI=1S/C12H24N2O3/c1-10-4-3-5-11(13-10)12(16)14(2)6-8-17-9-7-15/h10-11,13,15H,3-9H2,1-2H3. The number of rotatable bonds is 6. The highest BCUT2D eigenvalue weighted by atomic mass is 16.5. The van der Waals surface area contributed by atoms with Crippen LogP contribution < -0.4 is 5.32 Å². The van der Waals surface area contributed by atoms with E-state index in [2.05, 4.69) is 12.2 Å². The molecule has 0 spiro atoms. The van der Waals surface area contributed by atoms with Gasteiger partial charge < -0.3 is 20.1 Å². The van der Waals surface area contributed by atoms with E-state index >= 15 is 0 Å². The molecule has 2 N–H and O–H groups in total. The third-order valence-electron chi connectivity index (χ3n) is 3.10. The monoisotopic (exact) mass is 244 g/mol. The van der Waals surface area contributed by atoms with E-state index in [1.54, 1.807) is 11.9 Å². The van der Waals surface area contributed by atoms with Crippen molar-refractivity contribution in [2.24, 2.45) is 0 Å². The third-order valence-corrected chi connectivity index (χ3v) is 3.10. The molecule has 1 heterocycles. The maximum absolute atomic E-state index is 12.1. The van der Waals surface area contributed by atoms with Gasteiger partial charge in [-0.05, 0) is 26.2 Å². The van der Waals surface area contributed by atoms with Crippen molar-refractivity contribution in [2.45, 2.75) is 38.3 Å². The molecule has 5 nitrogen and oxygen atoms in total. The van der Waals surface area contributed by atoms with Crippen molar-refractivity contribution in [2.75, 3.05) is 33.4 Å². The molecule has 1 amide bonds. The summed E-state index contributed by atoms with van der Waals surface area (Å²) in [5.74, 6) is 0.143. The zero-order chi connectivity index (χ0) is 12.7. The van der Waals surface area contributed by atoms with Gasteiger partial charge >= 0.3 is 0 Å². The van der Waals surface area contributed by atoms with Crippen LogP contribution in [0.5, 0.6) is 0 Å². The predicted molar refractivity (Wildman–Crippen MR) is 65.8 cm³/mol. The Bertz CT molecular complexity index is 236. The lowest BCUT2D eigenvalue weighted by atomic mass is 9.99. The Kier molecular flexibility index (Phi) is 6.47.